The van der Waals surface area contributed by atoms with E-state index in [4.69, 9.17) is 13.8 Å². The predicted molar refractivity (Wildman–Crippen MR) is 135 cm³/mol. The Kier molecular flexibility index (Phi) is 7.73. The van der Waals surface area contributed by atoms with Gasteiger partial charge >= 0.3 is 13.8 Å². The van der Waals surface area contributed by atoms with Crippen LogP contribution in [0.5, 0.6) is 0 Å². The Labute approximate surface area is 215 Å². The summed E-state index contributed by atoms with van der Waals surface area (Å²) in [6, 6.07) is 0. The lowest BCUT2D eigenvalue weighted by Gasteiger charge is -2.59. The van der Waals surface area contributed by atoms with Crippen LogP contribution >= 0.6 is 7.82 Å². The molecule has 0 radical (unpaired) electrons. The highest BCUT2D eigenvalue weighted by molar-refractivity contribution is 7.47. The molecule has 0 bridgehead atoms. The molecular formula is C27H45NO7P+. The summed E-state index contributed by atoms with van der Waals surface area (Å²) >= 11 is 0. The van der Waals surface area contributed by atoms with E-state index in [0.717, 1.165) is 31.3 Å². The van der Waals surface area contributed by atoms with Crippen LogP contribution in [0.15, 0.2) is 23.8 Å². The normalized spacial score (nSPS) is 43.4. The molecule has 0 spiro atoms. The van der Waals surface area contributed by atoms with E-state index in [-0.39, 0.29) is 41.8 Å². The molecule has 4 aliphatic rings. The second-order valence-electron chi connectivity index (χ2n) is 11.9. The molecule has 0 aromatic heterocycles. The van der Waals surface area contributed by atoms with Gasteiger partial charge in [-0.3, -0.25) is 13.8 Å². The van der Waals surface area contributed by atoms with Gasteiger partial charge in [0.25, 0.3) is 0 Å². The Morgan fingerprint density at radius 3 is 2.64 bits per heavy atom. The van der Waals surface area contributed by atoms with Crippen LogP contribution in [0.3, 0.4) is 0 Å². The van der Waals surface area contributed by atoms with Gasteiger partial charge < -0.3 is 20.5 Å². The third-order valence-electron chi connectivity index (χ3n) is 10.1. The molecular weight excluding hydrogens is 481 g/mol. The van der Waals surface area contributed by atoms with E-state index >= 15 is 0 Å². The number of ether oxygens (including phenoxy) is 1. The average molecular weight is 527 g/mol. The molecule has 4 aliphatic carbocycles. The number of fused-ring (bicyclic) bond motifs is 5. The largest absolute Gasteiger partial charge is 0.472 e. The molecule has 5 N–H and O–H groups in total. The summed E-state index contributed by atoms with van der Waals surface area (Å²) in [6.07, 6.45) is 7.00. The van der Waals surface area contributed by atoms with Gasteiger partial charge in [-0.1, -0.05) is 39.0 Å². The van der Waals surface area contributed by atoms with Gasteiger partial charge in [0.05, 0.1) is 18.8 Å². The van der Waals surface area contributed by atoms with Crippen LogP contribution in [0.1, 0.15) is 79.1 Å². The van der Waals surface area contributed by atoms with Gasteiger partial charge in [-0.2, -0.15) is 0 Å². The lowest BCUT2D eigenvalue weighted by atomic mass is 9.46. The van der Waals surface area contributed by atoms with Crippen molar-refractivity contribution in [3.63, 3.8) is 0 Å². The molecule has 0 amide bonds. The Bertz CT molecular complexity index is 968. The Hall–Kier alpha value is -1.02. The zero-order valence-electron chi connectivity index (χ0n) is 22.3. The quantitative estimate of drug-likeness (QED) is 0.248. The van der Waals surface area contributed by atoms with E-state index in [1.54, 1.807) is 6.92 Å². The van der Waals surface area contributed by atoms with E-state index < -0.39 is 19.5 Å². The molecule has 3 saturated carbocycles. The number of hydrogen-bond donors (Lipinski definition) is 3. The van der Waals surface area contributed by atoms with Gasteiger partial charge in [0.1, 0.15) is 6.61 Å². The Morgan fingerprint density at radius 2 is 2.00 bits per heavy atom. The first-order chi connectivity index (χ1) is 16.8. The van der Waals surface area contributed by atoms with Crippen molar-refractivity contribution in [3.05, 3.63) is 23.8 Å². The van der Waals surface area contributed by atoms with Crippen LogP contribution in [-0.4, -0.2) is 46.9 Å². The number of carbonyl (C=O) groups excluding carboxylic acids is 1. The molecule has 0 aliphatic heterocycles. The van der Waals surface area contributed by atoms with Crippen molar-refractivity contribution in [2.24, 2.45) is 28.6 Å². The molecule has 0 heterocycles. The zero-order valence-corrected chi connectivity index (χ0v) is 23.2. The summed E-state index contributed by atoms with van der Waals surface area (Å²) < 4.78 is 29.0. The van der Waals surface area contributed by atoms with Crippen LogP contribution < -0.4 is 5.73 Å². The number of phosphoric acid groups is 1. The van der Waals surface area contributed by atoms with Crippen molar-refractivity contribution in [3.8, 4) is 0 Å². The number of quaternary nitrogens is 1. The fourth-order valence-electron chi connectivity index (χ4n) is 8.41. The average Bonchev–Trinajstić information content (AvgIpc) is 3.05. The van der Waals surface area contributed by atoms with E-state index in [0.29, 0.717) is 37.6 Å². The zero-order chi connectivity index (χ0) is 26.5. The maximum Gasteiger partial charge on any atom is 0.472 e. The van der Waals surface area contributed by atoms with Crippen LogP contribution in [0, 0.1) is 28.6 Å². The fraction of sp³-hybridized carbons (Fsp3) is 0.815. The van der Waals surface area contributed by atoms with E-state index in [9.17, 15) is 19.4 Å². The van der Waals surface area contributed by atoms with Crippen molar-refractivity contribution < 1.29 is 38.9 Å². The van der Waals surface area contributed by atoms with Crippen LogP contribution in [0.25, 0.3) is 0 Å². The molecule has 204 valence electrons. The van der Waals surface area contributed by atoms with Gasteiger partial charge in [-0.15, -0.1) is 0 Å². The second-order valence-corrected chi connectivity index (χ2v) is 13.3. The van der Waals surface area contributed by atoms with Gasteiger partial charge in [0, 0.05) is 11.8 Å². The third kappa shape index (κ3) is 4.36. The summed E-state index contributed by atoms with van der Waals surface area (Å²) in [5, 5.41) is 11.4. The first-order valence-corrected chi connectivity index (χ1v) is 15.0. The highest BCUT2D eigenvalue weighted by atomic mass is 31.2. The maximum atomic E-state index is 12.5. The molecule has 3 fully saturated rings. The molecule has 4 unspecified atom stereocenters. The van der Waals surface area contributed by atoms with Crippen LogP contribution in [0.2, 0.25) is 0 Å². The number of rotatable bonds is 8. The number of hydrogen-bond acceptors (Lipinski definition) is 6. The maximum absolute atomic E-state index is 12.5. The lowest BCUT2D eigenvalue weighted by Crippen LogP contribution is -2.58. The standard InChI is InChI=1S/C27H44NO7P/c1-6-24(30)34-27(17(2)3)23(29)16-22-20-8-7-18-15-19(35-36(31,32)33-14-13-28)9-11-25(18,4)21(20)10-12-26(22,27)5/h7,19-23,29H,2,6,8-16,28H2,1,3-5H3,(H,31,32)/p+1/t19?,20?,21-,22-,23?,25-,26-,27+/m0/s1. The monoisotopic (exact) mass is 526 g/mol. The van der Waals surface area contributed by atoms with Gasteiger partial charge in [0.15, 0.2) is 5.60 Å². The van der Waals surface area contributed by atoms with Gasteiger partial charge in [-0.05, 0) is 80.6 Å². The molecule has 36 heavy (non-hydrogen) atoms. The SMILES string of the molecule is C=C(C)[C@@]1(OC(=O)CC)C(O)C[C@H]2C3CC=C4CC(OP(=O)(O)OCC[NH3+])CC[C@]4(C)[C@H]3CC[C@@]21C. The van der Waals surface area contributed by atoms with Crippen LogP contribution in [0.4, 0.5) is 0 Å². The number of aliphatic hydroxyl groups is 1. The highest BCUT2D eigenvalue weighted by Gasteiger charge is 2.69. The molecule has 0 aromatic rings. The minimum Gasteiger partial charge on any atom is -0.451 e. The minimum atomic E-state index is -4.09. The predicted octanol–water partition coefficient (Wildman–Crippen LogP) is 3.93. The minimum absolute atomic E-state index is 0.0166. The smallest absolute Gasteiger partial charge is 0.451 e. The molecule has 9 heteroatoms. The van der Waals surface area contributed by atoms with Crippen molar-refractivity contribution in [1.82, 2.24) is 0 Å². The summed E-state index contributed by atoms with van der Waals surface area (Å²) in [5.41, 5.74) is 4.23. The lowest BCUT2D eigenvalue weighted by molar-refractivity contribution is -0.371. The molecule has 9 atom stereocenters. The Morgan fingerprint density at radius 1 is 1.28 bits per heavy atom. The number of allylic oxidation sites excluding steroid dienone is 1. The topological polar surface area (TPSA) is 130 Å². The first kappa shape index (κ1) is 28.0. The van der Waals surface area contributed by atoms with E-state index in [2.05, 4.69) is 32.2 Å². The van der Waals surface area contributed by atoms with Gasteiger partial charge in [-0.25, -0.2) is 4.57 Å². The van der Waals surface area contributed by atoms with Crippen molar-refractivity contribution >= 4 is 13.8 Å². The van der Waals surface area contributed by atoms with Gasteiger partial charge in [0.2, 0.25) is 0 Å². The first-order valence-electron chi connectivity index (χ1n) is 13.5. The van der Waals surface area contributed by atoms with Crippen molar-refractivity contribution in [1.29, 1.82) is 0 Å². The molecule has 4 rings (SSSR count). The molecule has 0 aromatic carbocycles. The van der Waals surface area contributed by atoms with Crippen LogP contribution in [-0.2, 0) is 23.1 Å². The number of carbonyl (C=O) groups is 1. The highest BCUT2D eigenvalue weighted by Crippen LogP contribution is 2.69. The van der Waals surface area contributed by atoms with Crippen molar-refractivity contribution in [2.45, 2.75) is 96.9 Å². The second kappa shape index (κ2) is 9.94. The van der Waals surface area contributed by atoms with E-state index in [1.807, 2.05) is 6.92 Å². The molecule has 8 nitrogen and oxygen atoms in total. The van der Waals surface area contributed by atoms with E-state index in [1.165, 1.54) is 5.57 Å². The summed E-state index contributed by atoms with van der Waals surface area (Å²) in [4.78, 5) is 22.6. The number of esters is 1. The summed E-state index contributed by atoms with van der Waals surface area (Å²) in [7, 11) is -4.09. The fourth-order valence-corrected chi connectivity index (χ4v) is 9.39. The molecule has 0 saturated heterocycles. The number of phosphoric ester groups is 1. The van der Waals surface area contributed by atoms with Crippen molar-refractivity contribution in [2.75, 3.05) is 13.2 Å². The summed E-state index contributed by atoms with van der Waals surface area (Å²) in [6.45, 7) is 12.9. The Balaban J connectivity index is 1.58. The third-order valence-corrected chi connectivity index (χ3v) is 11.2. The summed E-state index contributed by atoms with van der Waals surface area (Å²) in [5.74, 6) is 0.729. The number of aliphatic hydroxyl groups excluding tert-OH is 1.